The van der Waals surface area contributed by atoms with Gasteiger partial charge >= 0.3 is 5.97 Å². The zero-order valence-electron chi connectivity index (χ0n) is 13.3. The Kier molecular flexibility index (Phi) is 5.44. The Balaban J connectivity index is 2.02. The average Bonchev–Trinajstić information content (AvgIpc) is 3.31. The fourth-order valence-corrected chi connectivity index (χ4v) is 3.61. The molecule has 4 heteroatoms. The van der Waals surface area contributed by atoms with Gasteiger partial charge in [0, 0.05) is 6.54 Å². The molecular weight excluding hydrogens is 252 g/mol. The molecule has 1 unspecified atom stereocenters. The maximum atomic E-state index is 12.4. The summed E-state index contributed by atoms with van der Waals surface area (Å²) in [6, 6.07) is 0. The average molecular weight is 282 g/mol. The second kappa shape index (κ2) is 6.90. The Labute approximate surface area is 123 Å². The molecule has 0 aromatic carbocycles. The highest BCUT2D eigenvalue weighted by Gasteiger charge is 2.52. The number of rotatable bonds is 7. The summed E-state index contributed by atoms with van der Waals surface area (Å²) in [6.07, 6.45) is 6.11. The van der Waals surface area contributed by atoms with Gasteiger partial charge in [0.05, 0.1) is 7.11 Å². The maximum absolute atomic E-state index is 12.4. The van der Waals surface area contributed by atoms with E-state index in [0.717, 1.165) is 44.9 Å². The Bertz CT molecular complexity index is 322. The Morgan fingerprint density at radius 3 is 2.35 bits per heavy atom. The second-order valence-electron chi connectivity index (χ2n) is 6.40. The summed E-state index contributed by atoms with van der Waals surface area (Å²) < 4.78 is 5.13. The fraction of sp³-hybridized carbons (Fsp3) is 0.938. The van der Waals surface area contributed by atoms with Gasteiger partial charge in [-0.3, -0.25) is 0 Å². The second-order valence-corrected chi connectivity index (χ2v) is 6.40. The SMILES string of the molecule is CCNC(CN1CCC(CC)CC1)(C(=O)OC)C1CC1. The minimum Gasteiger partial charge on any atom is -0.468 e. The number of hydrogen-bond donors (Lipinski definition) is 1. The van der Waals surface area contributed by atoms with Crippen LogP contribution in [-0.2, 0) is 9.53 Å². The summed E-state index contributed by atoms with van der Waals surface area (Å²) in [4.78, 5) is 14.9. The first-order valence-corrected chi connectivity index (χ1v) is 8.22. The largest absolute Gasteiger partial charge is 0.468 e. The standard InChI is InChI=1S/C16H30N2O2/c1-4-13-8-10-18(11-9-13)12-16(17-5-2,14-6-7-14)15(19)20-3/h13-14,17H,4-12H2,1-3H3. The van der Waals surface area contributed by atoms with Crippen molar-refractivity contribution in [3.63, 3.8) is 0 Å². The first kappa shape index (κ1) is 15.8. The molecule has 116 valence electrons. The van der Waals surface area contributed by atoms with Crippen LogP contribution in [0.15, 0.2) is 0 Å². The van der Waals surface area contributed by atoms with Crippen molar-refractivity contribution in [3.05, 3.63) is 0 Å². The van der Waals surface area contributed by atoms with Crippen LogP contribution in [0.5, 0.6) is 0 Å². The van der Waals surface area contributed by atoms with Gasteiger partial charge in [-0.15, -0.1) is 0 Å². The van der Waals surface area contributed by atoms with Crippen molar-refractivity contribution in [2.24, 2.45) is 11.8 Å². The van der Waals surface area contributed by atoms with E-state index >= 15 is 0 Å². The van der Waals surface area contributed by atoms with E-state index in [-0.39, 0.29) is 5.97 Å². The number of hydrogen-bond acceptors (Lipinski definition) is 4. The maximum Gasteiger partial charge on any atom is 0.327 e. The van der Waals surface area contributed by atoms with Crippen LogP contribution >= 0.6 is 0 Å². The molecule has 0 aromatic rings. The lowest BCUT2D eigenvalue weighted by Gasteiger charge is -2.40. The molecule has 2 fully saturated rings. The number of likely N-dealkylation sites (tertiary alicyclic amines) is 1. The molecular formula is C16H30N2O2. The summed E-state index contributed by atoms with van der Waals surface area (Å²) in [5.41, 5.74) is -0.470. The number of esters is 1. The molecule has 1 heterocycles. The van der Waals surface area contributed by atoms with E-state index in [1.807, 2.05) is 0 Å². The van der Waals surface area contributed by atoms with Crippen LogP contribution in [0.2, 0.25) is 0 Å². The van der Waals surface area contributed by atoms with Crippen molar-refractivity contribution < 1.29 is 9.53 Å². The van der Waals surface area contributed by atoms with Crippen molar-refractivity contribution in [2.45, 2.75) is 51.5 Å². The molecule has 1 atom stereocenters. The molecule has 1 saturated heterocycles. The van der Waals surface area contributed by atoms with Gasteiger partial charge in [0.2, 0.25) is 0 Å². The van der Waals surface area contributed by atoms with E-state index in [4.69, 9.17) is 4.74 Å². The quantitative estimate of drug-likeness (QED) is 0.726. The van der Waals surface area contributed by atoms with Gasteiger partial charge in [-0.05, 0) is 57.2 Å². The number of likely N-dealkylation sites (N-methyl/N-ethyl adjacent to an activating group) is 1. The van der Waals surface area contributed by atoms with Crippen LogP contribution in [0.4, 0.5) is 0 Å². The van der Waals surface area contributed by atoms with Gasteiger partial charge in [-0.2, -0.15) is 0 Å². The summed E-state index contributed by atoms with van der Waals surface area (Å²) in [5, 5.41) is 3.47. The molecule has 0 bridgehead atoms. The van der Waals surface area contributed by atoms with E-state index in [2.05, 4.69) is 24.1 Å². The molecule has 4 nitrogen and oxygen atoms in total. The molecule has 1 saturated carbocycles. The Hall–Kier alpha value is -0.610. The van der Waals surface area contributed by atoms with Crippen LogP contribution in [-0.4, -0.2) is 49.7 Å². The summed E-state index contributed by atoms with van der Waals surface area (Å²) in [5.74, 6) is 1.26. The third kappa shape index (κ3) is 3.34. The first-order valence-electron chi connectivity index (χ1n) is 8.22. The molecule has 20 heavy (non-hydrogen) atoms. The van der Waals surface area contributed by atoms with Crippen LogP contribution in [0, 0.1) is 11.8 Å². The monoisotopic (exact) mass is 282 g/mol. The molecule has 1 N–H and O–H groups in total. The lowest BCUT2D eigenvalue weighted by Crippen LogP contribution is -2.61. The van der Waals surface area contributed by atoms with Crippen molar-refractivity contribution in [3.8, 4) is 0 Å². The van der Waals surface area contributed by atoms with Gasteiger partial charge in [0.15, 0.2) is 0 Å². The van der Waals surface area contributed by atoms with E-state index in [1.54, 1.807) is 0 Å². The van der Waals surface area contributed by atoms with E-state index in [0.29, 0.717) is 5.92 Å². The Morgan fingerprint density at radius 1 is 1.25 bits per heavy atom. The summed E-state index contributed by atoms with van der Waals surface area (Å²) >= 11 is 0. The van der Waals surface area contributed by atoms with Crippen molar-refractivity contribution in [1.29, 1.82) is 0 Å². The third-order valence-electron chi connectivity index (χ3n) is 5.07. The van der Waals surface area contributed by atoms with Crippen molar-refractivity contribution in [2.75, 3.05) is 33.3 Å². The molecule has 0 spiro atoms. The van der Waals surface area contributed by atoms with Crippen LogP contribution in [0.25, 0.3) is 0 Å². The minimum absolute atomic E-state index is 0.0699. The van der Waals surface area contributed by atoms with E-state index < -0.39 is 5.54 Å². The number of carbonyl (C=O) groups excluding carboxylic acids is 1. The molecule has 0 amide bonds. The lowest BCUT2D eigenvalue weighted by atomic mass is 9.89. The van der Waals surface area contributed by atoms with E-state index in [9.17, 15) is 4.79 Å². The Morgan fingerprint density at radius 2 is 1.90 bits per heavy atom. The molecule has 1 aliphatic carbocycles. The molecule has 2 rings (SSSR count). The van der Waals surface area contributed by atoms with Crippen molar-refractivity contribution >= 4 is 5.97 Å². The highest BCUT2D eigenvalue weighted by molar-refractivity contribution is 5.82. The van der Waals surface area contributed by atoms with Crippen LogP contribution in [0.3, 0.4) is 0 Å². The van der Waals surface area contributed by atoms with Gasteiger partial charge in [0.1, 0.15) is 5.54 Å². The zero-order valence-corrected chi connectivity index (χ0v) is 13.3. The fourth-order valence-electron chi connectivity index (χ4n) is 3.61. The lowest BCUT2D eigenvalue weighted by molar-refractivity contribution is -0.151. The first-order chi connectivity index (χ1) is 9.66. The van der Waals surface area contributed by atoms with Gasteiger partial charge in [-0.1, -0.05) is 20.3 Å². The number of ether oxygens (including phenoxy) is 1. The molecule has 1 aliphatic heterocycles. The van der Waals surface area contributed by atoms with Crippen LogP contribution in [0.1, 0.15) is 46.0 Å². The summed E-state index contributed by atoms with van der Waals surface area (Å²) in [7, 11) is 1.51. The number of methoxy groups -OCH3 is 1. The number of nitrogens with zero attached hydrogens (tertiary/aromatic N) is 1. The van der Waals surface area contributed by atoms with Crippen LogP contribution < -0.4 is 5.32 Å². The predicted molar refractivity (Wildman–Crippen MR) is 80.6 cm³/mol. The third-order valence-corrected chi connectivity index (χ3v) is 5.07. The van der Waals surface area contributed by atoms with E-state index in [1.165, 1.54) is 26.4 Å². The number of carbonyl (C=O) groups is 1. The number of piperidine rings is 1. The molecule has 0 radical (unpaired) electrons. The predicted octanol–water partition coefficient (Wildman–Crippen LogP) is 2.04. The smallest absolute Gasteiger partial charge is 0.327 e. The number of nitrogens with one attached hydrogen (secondary N) is 1. The summed E-state index contributed by atoms with van der Waals surface area (Å²) in [6.45, 7) is 8.22. The van der Waals surface area contributed by atoms with Gasteiger partial charge in [0.25, 0.3) is 0 Å². The molecule has 0 aromatic heterocycles. The van der Waals surface area contributed by atoms with Gasteiger partial charge < -0.3 is 15.0 Å². The highest BCUT2D eigenvalue weighted by atomic mass is 16.5. The highest BCUT2D eigenvalue weighted by Crippen LogP contribution is 2.41. The van der Waals surface area contributed by atoms with Crippen molar-refractivity contribution in [1.82, 2.24) is 10.2 Å². The normalized spacial score (nSPS) is 24.4. The molecule has 2 aliphatic rings. The minimum atomic E-state index is -0.470. The topological polar surface area (TPSA) is 41.6 Å². The zero-order chi connectivity index (χ0) is 14.6. The van der Waals surface area contributed by atoms with Gasteiger partial charge in [-0.25, -0.2) is 4.79 Å².